The number of aromatic nitrogens is 3. The largest absolute Gasteiger partial charge is 0.294 e. The number of carbonyl (C=O) groups is 1. The Morgan fingerprint density at radius 1 is 1.33 bits per heavy atom. The average molecular weight is 222 g/mol. The van der Waals surface area contributed by atoms with Crippen molar-refractivity contribution in [1.29, 1.82) is 0 Å². The number of aryl methyl sites for hydroxylation is 1. The molecule has 0 radical (unpaired) electrons. The molecule has 0 fully saturated rings. The van der Waals surface area contributed by atoms with E-state index in [1.807, 2.05) is 12.1 Å². The average Bonchev–Trinajstić information content (AvgIpc) is 2.61. The highest BCUT2D eigenvalue weighted by Gasteiger charge is 2.06. The number of rotatable bonds is 2. The first-order valence-electron chi connectivity index (χ1n) is 4.35. The van der Waals surface area contributed by atoms with E-state index in [1.54, 1.807) is 23.7 Å². The molecule has 0 unspecified atom stereocenters. The SMILES string of the molecule is Cc1nc(C=O)nn1-c1ccc(Cl)cc1. The van der Waals surface area contributed by atoms with Gasteiger partial charge in [0.1, 0.15) is 5.82 Å². The molecule has 0 bridgehead atoms. The van der Waals surface area contributed by atoms with E-state index in [2.05, 4.69) is 10.1 Å². The summed E-state index contributed by atoms with van der Waals surface area (Å²) in [5.74, 6) is 0.849. The third-order valence-corrected chi connectivity index (χ3v) is 2.21. The summed E-state index contributed by atoms with van der Waals surface area (Å²) >= 11 is 5.77. The number of aldehydes is 1. The van der Waals surface area contributed by atoms with Gasteiger partial charge in [0.2, 0.25) is 5.82 Å². The fourth-order valence-corrected chi connectivity index (χ4v) is 1.41. The van der Waals surface area contributed by atoms with Crippen LogP contribution in [0.1, 0.15) is 16.4 Å². The van der Waals surface area contributed by atoms with Crippen molar-refractivity contribution < 1.29 is 4.79 Å². The molecule has 2 aromatic rings. The van der Waals surface area contributed by atoms with Crippen LogP contribution in [-0.4, -0.2) is 21.1 Å². The minimum atomic E-state index is 0.183. The lowest BCUT2D eigenvalue weighted by Gasteiger charge is -2.01. The molecule has 0 aliphatic carbocycles. The van der Waals surface area contributed by atoms with E-state index in [0.717, 1.165) is 5.69 Å². The molecule has 0 N–H and O–H groups in total. The Kier molecular flexibility index (Phi) is 2.51. The van der Waals surface area contributed by atoms with Crippen molar-refractivity contribution in [2.45, 2.75) is 6.92 Å². The molecule has 0 saturated carbocycles. The number of nitrogens with zero attached hydrogens (tertiary/aromatic N) is 3. The topological polar surface area (TPSA) is 47.8 Å². The zero-order valence-corrected chi connectivity index (χ0v) is 8.77. The van der Waals surface area contributed by atoms with Crippen LogP contribution in [0.4, 0.5) is 0 Å². The van der Waals surface area contributed by atoms with Gasteiger partial charge in [0.05, 0.1) is 5.69 Å². The van der Waals surface area contributed by atoms with Gasteiger partial charge < -0.3 is 0 Å². The van der Waals surface area contributed by atoms with E-state index in [4.69, 9.17) is 11.6 Å². The lowest BCUT2D eigenvalue weighted by molar-refractivity contribution is 0.111. The van der Waals surface area contributed by atoms with Gasteiger partial charge in [0, 0.05) is 5.02 Å². The highest BCUT2D eigenvalue weighted by Crippen LogP contribution is 2.13. The monoisotopic (exact) mass is 221 g/mol. The van der Waals surface area contributed by atoms with E-state index in [-0.39, 0.29) is 5.82 Å². The van der Waals surface area contributed by atoms with E-state index in [9.17, 15) is 4.79 Å². The van der Waals surface area contributed by atoms with Gasteiger partial charge in [0.25, 0.3) is 0 Å². The van der Waals surface area contributed by atoms with Crippen LogP contribution >= 0.6 is 11.6 Å². The molecular weight excluding hydrogens is 214 g/mol. The van der Waals surface area contributed by atoms with Gasteiger partial charge in [-0.05, 0) is 31.2 Å². The Morgan fingerprint density at radius 3 is 2.53 bits per heavy atom. The maximum Gasteiger partial charge on any atom is 0.214 e. The second-order valence-electron chi connectivity index (χ2n) is 3.02. The summed E-state index contributed by atoms with van der Waals surface area (Å²) in [5, 5.41) is 4.68. The summed E-state index contributed by atoms with van der Waals surface area (Å²) in [4.78, 5) is 14.5. The summed E-state index contributed by atoms with van der Waals surface area (Å²) in [7, 11) is 0. The molecule has 0 aliphatic rings. The smallest absolute Gasteiger partial charge is 0.214 e. The third kappa shape index (κ3) is 1.89. The van der Waals surface area contributed by atoms with Crippen molar-refractivity contribution in [1.82, 2.24) is 14.8 Å². The van der Waals surface area contributed by atoms with Crippen molar-refractivity contribution in [2.75, 3.05) is 0 Å². The van der Waals surface area contributed by atoms with Crippen molar-refractivity contribution in [3.8, 4) is 5.69 Å². The van der Waals surface area contributed by atoms with Gasteiger partial charge in [-0.2, -0.15) is 0 Å². The van der Waals surface area contributed by atoms with Crippen molar-refractivity contribution in [2.24, 2.45) is 0 Å². The maximum absolute atomic E-state index is 10.5. The molecule has 0 spiro atoms. The number of benzene rings is 1. The zero-order chi connectivity index (χ0) is 10.8. The quantitative estimate of drug-likeness (QED) is 0.730. The van der Waals surface area contributed by atoms with Gasteiger partial charge in [-0.3, -0.25) is 4.79 Å². The van der Waals surface area contributed by atoms with Crippen molar-refractivity contribution in [3.05, 3.63) is 40.9 Å². The van der Waals surface area contributed by atoms with Crippen LogP contribution < -0.4 is 0 Å². The normalized spacial score (nSPS) is 10.3. The Morgan fingerprint density at radius 2 is 2.00 bits per heavy atom. The molecule has 0 aliphatic heterocycles. The van der Waals surface area contributed by atoms with Gasteiger partial charge in [0.15, 0.2) is 6.29 Å². The third-order valence-electron chi connectivity index (χ3n) is 1.96. The zero-order valence-electron chi connectivity index (χ0n) is 8.01. The first-order valence-corrected chi connectivity index (χ1v) is 4.73. The predicted molar refractivity (Wildman–Crippen MR) is 56.5 cm³/mol. The fraction of sp³-hybridized carbons (Fsp3) is 0.100. The first-order chi connectivity index (χ1) is 7.20. The summed E-state index contributed by atoms with van der Waals surface area (Å²) in [6, 6.07) is 7.16. The van der Waals surface area contributed by atoms with Crippen LogP contribution in [0.3, 0.4) is 0 Å². The molecular formula is C10H8ClN3O. The van der Waals surface area contributed by atoms with Crippen LogP contribution in [0.2, 0.25) is 5.02 Å². The Balaban J connectivity index is 2.48. The van der Waals surface area contributed by atoms with E-state index in [1.165, 1.54) is 0 Å². The van der Waals surface area contributed by atoms with Gasteiger partial charge in [-0.15, -0.1) is 5.10 Å². The Bertz CT molecular complexity index is 490. The number of halogens is 1. The Labute approximate surface area is 91.5 Å². The van der Waals surface area contributed by atoms with Crippen molar-refractivity contribution in [3.63, 3.8) is 0 Å². The van der Waals surface area contributed by atoms with E-state index in [0.29, 0.717) is 17.1 Å². The predicted octanol–water partition coefficient (Wildman–Crippen LogP) is 2.04. The van der Waals surface area contributed by atoms with Gasteiger partial charge in [-0.25, -0.2) is 9.67 Å². The van der Waals surface area contributed by atoms with E-state index < -0.39 is 0 Å². The minimum absolute atomic E-state index is 0.183. The molecule has 1 aromatic carbocycles. The molecule has 0 amide bonds. The van der Waals surface area contributed by atoms with Gasteiger partial charge >= 0.3 is 0 Å². The summed E-state index contributed by atoms with van der Waals surface area (Å²) in [5.41, 5.74) is 0.831. The number of hydrogen-bond acceptors (Lipinski definition) is 3. The maximum atomic E-state index is 10.5. The standard InChI is InChI=1S/C10H8ClN3O/c1-7-12-10(6-15)13-14(7)9-4-2-8(11)3-5-9/h2-6H,1H3. The highest BCUT2D eigenvalue weighted by molar-refractivity contribution is 6.30. The molecule has 1 aromatic heterocycles. The van der Waals surface area contributed by atoms with Crippen LogP contribution in [0, 0.1) is 6.92 Å². The van der Waals surface area contributed by atoms with E-state index >= 15 is 0 Å². The molecule has 0 saturated heterocycles. The molecule has 4 nitrogen and oxygen atoms in total. The molecule has 0 atom stereocenters. The van der Waals surface area contributed by atoms with Gasteiger partial charge in [-0.1, -0.05) is 11.6 Å². The molecule has 5 heteroatoms. The molecule has 76 valence electrons. The second-order valence-corrected chi connectivity index (χ2v) is 3.46. The van der Waals surface area contributed by atoms with Crippen LogP contribution in [-0.2, 0) is 0 Å². The first kappa shape index (κ1) is 9.86. The van der Waals surface area contributed by atoms with Crippen LogP contribution in [0.25, 0.3) is 5.69 Å². The van der Waals surface area contributed by atoms with Crippen LogP contribution in [0.5, 0.6) is 0 Å². The van der Waals surface area contributed by atoms with Crippen LogP contribution in [0.15, 0.2) is 24.3 Å². The lowest BCUT2D eigenvalue weighted by atomic mass is 10.3. The second kappa shape index (κ2) is 3.82. The van der Waals surface area contributed by atoms with Crippen molar-refractivity contribution >= 4 is 17.9 Å². The minimum Gasteiger partial charge on any atom is -0.294 e. The Hall–Kier alpha value is -1.68. The number of carbonyl (C=O) groups excluding carboxylic acids is 1. The summed E-state index contributed by atoms with van der Waals surface area (Å²) < 4.78 is 1.60. The highest BCUT2D eigenvalue weighted by atomic mass is 35.5. The molecule has 15 heavy (non-hydrogen) atoms. The summed E-state index contributed by atoms with van der Waals surface area (Å²) in [6.45, 7) is 1.79. The fourth-order valence-electron chi connectivity index (χ4n) is 1.29. The summed E-state index contributed by atoms with van der Waals surface area (Å²) in [6.07, 6.45) is 0.624. The number of hydrogen-bond donors (Lipinski definition) is 0. The molecule has 2 rings (SSSR count). The molecule has 1 heterocycles. The lowest BCUT2D eigenvalue weighted by Crippen LogP contribution is -1.98.